The van der Waals surface area contributed by atoms with Gasteiger partial charge in [0.2, 0.25) is 0 Å². The zero-order valence-electron chi connectivity index (χ0n) is 13.8. The largest absolute Gasteiger partial charge is 0.496 e. The average Bonchev–Trinajstić information content (AvgIpc) is 2.64. The van der Waals surface area contributed by atoms with Crippen molar-refractivity contribution >= 4 is 23.3 Å². The average molecular weight is 346 g/mol. The number of pyridine rings is 1. The molecule has 2 heterocycles. The quantitative estimate of drug-likeness (QED) is 0.858. The van der Waals surface area contributed by atoms with Crippen molar-refractivity contribution in [1.82, 2.24) is 9.88 Å². The predicted molar refractivity (Wildman–Crippen MR) is 95.1 cm³/mol. The van der Waals surface area contributed by atoms with Crippen LogP contribution in [0.2, 0.25) is 5.02 Å². The number of halogens is 1. The fourth-order valence-corrected chi connectivity index (χ4v) is 3.00. The van der Waals surface area contributed by atoms with Crippen LogP contribution in [-0.2, 0) is 0 Å². The van der Waals surface area contributed by atoms with E-state index in [0.29, 0.717) is 29.4 Å². The van der Waals surface area contributed by atoms with E-state index in [4.69, 9.17) is 16.3 Å². The summed E-state index contributed by atoms with van der Waals surface area (Å²) < 4.78 is 5.36. The first-order valence-electron chi connectivity index (χ1n) is 7.89. The lowest BCUT2D eigenvalue weighted by atomic mass is 10.1. The van der Waals surface area contributed by atoms with Crippen molar-refractivity contribution in [2.45, 2.75) is 6.92 Å². The standard InChI is InChI=1S/C18H20ClN3O2/c1-13-11-16(24-2)14(12-15(13)19)18(23)22-9-7-21(8-10-22)17-5-3-4-6-20-17/h3-6,11-12H,7-10H2,1-2H3. The topological polar surface area (TPSA) is 45.7 Å². The molecule has 126 valence electrons. The number of ether oxygens (including phenoxy) is 1. The first-order valence-corrected chi connectivity index (χ1v) is 8.27. The molecule has 0 N–H and O–H groups in total. The number of aromatic nitrogens is 1. The Morgan fingerprint density at radius 1 is 1.21 bits per heavy atom. The number of rotatable bonds is 3. The number of aryl methyl sites for hydroxylation is 1. The zero-order valence-corrected chi connectivity index (χ0v) is 14.6. The third kappa shape index (κ3) is 3.31. The van der Waals surface area contributed by atoms with Crippen molar-refractivity contribution in [2.24, 2.45) is 0 Å². The molecule has 3 rings (SSSR count). The van der Waals surface area contributed by atoms with Crippen molar-refractivity contribution in [3.63, 3.8) is 0 Å². The van der Waals surface area contributed by atoms with Gasteiger partial charge in [0.1, 0.15) is 11.6 Å². The van der Waals surface area contributed by atoms with Gasteiger partial charge in [-0.25, -0.2) is 4.98 Å². The molecule has 1 aromatic carbocycles. The lowest BCUT2D eigenvalue weighted by Crippen LogP contribution is -2.49. The molecule has 0 bridgehead atoms. The molecule has 1 aliphatic rings. The third-order valence-corrected chi connectivity index (χ3v) is 4.66. The van der Waals surface area contributed by atoms with Crippen LogP contribution in [0.5, 0.6) is 5.75 Å². The molecule has 2 aromatic rings. The second-order valence-electron chi connectivity index (χ2n) is 5.77. The van der Waals surface area contributed by atoms with E-state index in [9.17, 15) is 4.79 Å². The number of piperazine rings is 1. The Morgan fingerprint density at radius 2 is 1.96 bits per heavy atom. The molecule has 1 aromatic heterocycles. The maximum absolute atomic E-state index is 12.8. The number of carbonyl (C=O) groups is 1. The highest BCUT2D eigenvalue weighted by Gasteiger charge is 2.25. The number of hydrogen-bond donors (Lipinski definition) is 0. The number of carbonyl (C=O) groups excluding carboxylic acids is 1. The molecule has 0 radical (unpaired) electrons. The Kier molecular flexibility index (Phi) is 4.90. The van der Waals surface area contributed by atoms with E-state index in [0.717, 1.165) is 24.5 Å². The smallest absolute Gasteiger partial charge is 0.257 e. The lowest BCUT2D eigenvalue weighted by molar-refractivity contribution is 0.0743. The van der Waals surface area contributed by atoms with Crippen LogP contribution in [0.25, 0.3) is 0 Å². The molecule has 0 spiro atoms. The fourth-order valence-electron chi connectivity index (χ4n) is 2.84. The fraction of sp³-hybridized carbons (Fsp3) is 0.333. The molecule has 1 aliphatic heterocycles. The monoisotopic (exact) mass is 345 g/mol. The first-order chi connectivity index (χ1) is 11.6. The van der Waals surface area contributed by atoms with E-state index in [1.807, 2.05) is 30.0 Å². The highest BCUT2D eigenvalue weighted by Crippen LogP contribution is 2.28. The molecule has 5 nitrogen and oxygen atoms in total. The number of amides is 1. The van der Waals surface area contributed by atoms with Gasteiger partial charge in [0, 0.05) is 37.4 Å². The Morgan fingerprint density at radius 3 is 2.58 bits per heavy atom. The van der Waals surface area contributed by atoms with Crippen molar-refractivity contribution in [1.29, 1.82) is 0 Å². The van der Waals surface area contributed by atoms with Gasteiger partial charge < -0.3 is 14.5 Å². The zero-order chi connectivity index (χ0) is 17.1. The second kappa shape index (κ2) is 7.09. The van der Waals surface area contributed by atoms with Crippen LogP contribution >= 0.6 is 11.6 Å². The van der Waals surface area contributed by atoms with E-state index in [1.165, 1.54) is 0 Å². The van der Waals surface area contributed by atoms with E-state index >= 15 is 0 Å². The minimum Gasteiger partial charge on any atom is -0.496 e. The van der Waals surface area contributed by atoms with E-state index in [-0.39, 0.29) is 5.91 Å². The summed E-state index contributed by atoms with van der Waals surface area (Å²) in [6.45, 7) is 4.69. The van der Waals surface area contributed by atoms with Crippen molar-refractivity contribution in [3.8, 4) is 5.75 Å². The van der Waals surface area contributed by atoms with Crippen LogP contribution in [0.3, 0.4) is 0 Å². The van der Waals surface area contributed by atoms with Gasteiger partial charge in [-0.05, 0) is 36.8 Å². The normalized spacial score (nSPS) is 14.6. The Hall–Kier alpha value is -2.27. The molecule has 0 aliphatic carbocycles. The molecule has 0 atom stereocenters. The maximum Gasteiger partial charge on any atom is 0.257 e. The highest BCUT2D eigenvalue weighted by molar-refractivity contribution is 6.31. The van der Waals surface area contributed by atoms with Crippen molar-refractivity contribution < 1.29 is 9.53 Å². The third-order valence-electron chi connectivity index (χ3n) is 4.25. The summed E-state index contributed by atoms with van der Waals surface area (Å²) in [5.41, 5.74) is 1.41. The molecule has 1 fully saturated rings. The molecule has 0 unspecified atom stereocenters. The maximum atomic E-state index is 12.8. The van der Waals surface area contributed by atoms with Gasteiger partial charge in [-0.15, -0.1) is 0 Å². The summed E-state index contributed by atoms with van der Waals surface area (Å²) >= 11 is 6.19. The van der Waals surface area contributed by atoms with E-state index < -0.39 is 0 Å². The number of anilines is 1. The number of methoxy groups -OCH3 is 1. The predicted octanol–water partition coefficient (Wildman–Crippen LogP) is 3.01. The second-order valence-corrected chi connectivity index (χ2v) is 6.18. The van der Waals surface area contributed by atoms with Crippen molar-refractivity contribution in [3.05, 3.63) is 52.7 Å². The van der Waals surface area contributed by atoms with Gasteiger partial charge in [0.15, 0.2) is 0 Å². The van der Waals surface area contributed by atoms with Crippen molar-refractivity contribution in [2.75, 3.05) is 38.2 Å². The van der Waals surface area contributed by atoms with Gasteiger partial charge >= 0.3 is 0 Å². The summed E-state index contributed by atoms with van der Waals surface area (Å²) in [6.07, 6.45) is 1.78. The number of nitrogens with zero attached hydrogens (tertiary/aromatic N) is 3. The molecule has 1 amide bonds. The van der Waals surface area contributed by atoms with Crippen LogP contribution in [-0.4, -0.2) is 49.1 Å². The van der Waals surface area contributed by atoms with Crippen LogP contribution in [0.15, 0.2) is 36.5 Å². The molecule has 0 saturated carbocycles. The van der Waals surface area contributed by atoms with Gasteiger partial charge in [-0.2, -0.15) is 0 Å². The molecule has 24 heavy (non-hydrogen) atoms. The van der Waals surface area contributed by atoms with Crippen LogP contribution in [0.1, 0.15) is 15.9 Å². The molecular weight excluding hydrogens is 326 g/mol. The van der Waals surface area contributed by atoms with Crippen LogP contribution in [0, 0.1) is 6.92 Å². The Bertz CT molecular complexity index is 729. The van der Waals surface area contributed by atoms with Gasteiger partial charge in [-0.1, -0.05) is 17.7 Å². The lowest BCUT2D eigenvalue weighted by Gasteiger charge is -2.35. The Labute approximate surface area is 146 Å². The van der Waals surface area contributed by atoms with Gasteiger partial charge in [0.05, 0.1) is 12.7 Å². The Balaban J connectivity index is 1.73. The SMILES string of the molecule is COc1cc(C)c(Cl)cc1C(=O)N1CCN(c2ccccn2)CC1. The summed E-state index contributed by atoms with van der Waals surface area (Å²) in [5.74, 6) is 1.46. The summed E-state index contributed by atoms with van der Waals surface area (Å²) in [5, 5.41) is 0.575. The minimum atomic E-state index is -0.0468. The number of benzene rings is 1. The van der Waals surface area contributed by atoms with E-state index in [1.54, 1.807) is 25.4 Å². The summed E-state index contributed by atoms with van der Waals surface area (Å²) in [6, 6.07) is 9.36. The van der Waals surface area contributed by atoms with E-state index in [2.05, 4.69) is 9.88 Å². The van der Waals surface area contributed by atoms with Gasteiger partial charge in [-0.3, -0.25) is 4.79 Å². The minimum absolute atomic E-state index is 0.0468. The summed E-state index contributed by atoms with van der Waals surface area (Å²) in [7, 11) is 1.57. The van der Waals surface area contributed by atoms with Crippen LogP contribution in [0.4, 0.5) is 5.82 Å². The van der Waals surface area contributed by atoms with Gasteiger partial charge in [0.25, 0.3) is 5.91 Å². The summed E-state index contributed by atoms with van der Waals surface area (Å²) in [4.78, 5) is 21.2. The van der Waals surface area contributed by atoms with Crippen LogP contribution < -0.4 is 9.64 Å². The molecule has 1 saturated heterocycles. The highest BCUT2D eigenvalue weighted by atomic mass is 35.5. The first kappa shape index (κ1) is 16.6. The number of hydrogen-bond acceptors (Lipinski definition) is 4. The molecule has 6 heteroatoms. The molecular formula is C18H20ClN3O2.